The molecule has 0 aliphatic rings. The second-order valence-corrected chi connectivity index (χ2v) is 6.03. The first-order valence-electron chi connectivity index (χ1n) is 7.04. The molecule has 0 aliphatic carbocycles. The van der Waals surface area contributed by atoms with Crippen molar-refractivity contribution < 1.29 is 9.84 Å². The summed E-state index contributed by atoms with van der Waals surface area (Å²) >= 11 is 7.62. The van der Waals surface area contributed by atoms with Crippen molar-refractivity contribution in [1.29, 1.82) is 0 Å². The minimum absolute atomic E-state index is 0.0139. The van der Waals surface area contributed by atoms with Crippen molar-refractivity contribution in [3.63, 3.8) is 0 Å². The largest absolute Gasteiger partial charge is 0.504 e. The number of aromatic nitrogens is 1. The molecule has 0 amide bonds. The van der Waals surface area contributed by atoms with Gasteiger partial charge in [0.2, 0.25) is 5.13 Å². The second kappa shape index (κ2) is 7.33. The number of hydrogen-bond acceptors (Lipinski definition) is 6. The van der Waals surface area contributed by atoms with Crippen LogP contribution in [0.5, 0.6) is 11.5 Å². The number of phenolic OH excluding ortho intramolecular Hbond substituents is 1. The first-order valence-corrected chi connectivity index (χ1v) is 8.30. The summed E-state index contributed by atoms with van der Waals surface area (Å²) in [4.78, 5) is 4.48. The topological polar surface area (TPSA) is 66.7 Å². The van der Waals surface area contributed by atoms with Gasteiger partial charge in [0, 0.05) is 16.5 Å². The highest BCUT2D eigenvalue weighted by atomic mass is 35.5. The van der Waals surface area contributed by atoms with Crippen LogP contribution in [0.2, 0.25) is 5.02 Å². The summed E-state index contributed by atoms with van der Waals surface area (Å²) in [5.74, 6) is 0.210. The number of hydrazone groups is 1. The number of hydrogen-bond donors (Lipinski definition) is 2. The normalized spacial score (nSPS) is 10.9. The molecule has 1 heterocycles. The van der Waals surface area contributed by atoms with Gasteiger partial charge in [0.15, 0.2) is 11.5 Å². The predicted octanol–water partition coefficient (Wildman–Crippen LogP) is 4.62. The van der Waals surface area contributed by atoms with Gasteiger partial charge >= 0.3 is 0 Å². The van der Waals surface area contributed by atoms with E-state index in [0.717, 1.165) is 11.3 Å². The number of phenols is 1. The fraction of sp³-hybridized carbons (Fsp3) is 0.0588. The lowest BCUT2D eigenvalue weighted by atomic mass is 10.2. The molecule has 0 bridgehead atoms. The standard InChI is InChI=1S/C17H14ClN3O2S/c1-23-16-14(22)8-7-12(15(16)18)9-19-21-17-20-13(10-24-17)11-5-3-2-4-6-11/h2-10,22H,1H3,(H,20,21). The van der Waals surface area contributed by atoms with Crippen LogP contribution in [0.25, 0.3) is 11.3 Å². The summed E-state index contributed by atoms with van der Waals surface area (Å²) in [6, 6.07) is 13.1. The molecule has 0 radical (unpaired) electrons. The van der Waals surface area contributed by atoms with E-state index in [4.69, 9.17) is 16.3 Å². The van der Waals surface area contributed by atoms with Gasteiger partial charge in [0.05, 0.1) is 24.0 Å². The van der Waals surface area contributed by atoms with Crippen molar-refractivity contribution in [3.8, 4) is 22.8 Å². The summed E-state index contributed by atoms with van der Waals surface area (Å²) in [6.07, 6.45) is 1.55. The average molecular weight is 360 g/mol. The van der Waals surface area contributed by atoms with Gasteiger partial charge in [-0.05, 0) is 12.1 Å². The van der Waals surface area contributed by atoms with Crippen LogP contribution in [0.3, 0.4) is 0 Å². The Hall–Kier alpha value is -2.57. The highest BCUT2D eigenvalue weighted by molar-refractivity contribution is 7.14. The van der Waals surface area contributed by atoms with Gasteiger partial charge in [-0.25, -0.2) is 4.98 Å². The molecule has 0 atom stereocenters. The van der Waals surface area contributed by atoms with Gasteiger partial charge in [-0.15, -0.1) is 11.3 Å². The van der Waals surface area contributed by atoms with Gasteiger partial charge in [-0.1, -0.05) is 41.9 Å². The molecule has 24 heavy (non-hydrogen) atoms. The Morgan fingerprint density at radius 2 is 2.04 bits per heavy atom. The number of anilines is 1. The average Bonchev–Trinajstić information content (AvgIpc) is 3.07. The number of aromatic hydroxyl groups is 1. The highest BCUT2D eigenvalue weighted by Gasteiger charge is 2.10. The third-order valence-electron chi connectivity index (χ3n) is 3.25. The van der Waals surface area contributed by atoms with Gasteiger partial charge in [0.25, 0.3) is 0 Å². The third kappa shape index (κ3) is 3.50. The maximum absolute atomic E-state index is 9.65. The van der Waals surface area contributed by atoms with Crippen molar-refractivity contribution in [3.05, 3.63) is 58.4 Å². The summed E-state index contributed by atoms with van der Waals surface area (Å²) < 4.78 is 5.06. The first kappa shape index (κ1) is 16.3. The zero-order chi connectivity index (χ0) is 16.9. The Morgan fingerprint density at radius 3 is 2.79 bits per heavy atom. The Labute approximate surface area is 148 Å². The molecule has 0 spiro atoms. The number of ether oxygens (including phenoxy) is 1. The zero-order valence-corrected chi connectivity index (χ0v) is 14.3. The van der Waals surface area contributed by atoms with Crippen molar-refractivity contribution in [2.45, 2.75) is 0 Å². The maximum atomic E-state index is 9.65. The molecule has 2 N–H and O–H groups in total. The molecular formula is C17H14ClN3O2S. The molecule has 2 aromatic carbocycles. The molecule has 0 saturated heterocycles. The quantitative estimate of drug-likeness (QED) is 0.515. The first-order chi connectivity index (χ1) is 11.7. The Bertz CT molecular complexity index is 866. The molecule has 0 saturated carbocycles. The summed E-state index contributed by atoms with van der Waals surface area (Å²) in [5, 5.41) is 16.7. The lowest BCUT2D eigenvalue weighted by molar-refractivity contribution is 0.373. The van der Waals surface area contributed by atoms with Crippen molar-refractivity contribution in [1.82, 2.24) is 4.98 Å². The van der Waals surface area contributed by atoms with Crippen molar-refractivity contribution >= 4 is 34.3 Å². The fourth-order valence-electron chi connectivity index (χ4n) is 2.08. The number of benzene rings is 2. The molecule has 7 heteroatoms. The third-order valence-corrected chi connectivity index (χ3v) is 4.38. The number of nitrogens with zero attached hydrogens (tertiary/aromatic N) is 2. The summed E-state index contributed by atoms with van der Waals surface area (Å²) in [6.45, 7) is 0. The fourth-order valence-corrected chi connectivity index (χ4v) is 3.03. The van der Waals surface area contributed by atoms with E-state index < -0.39 is 0 Å². The molecule has 3 rings (SSSR count). The number of rotatable bonds is 5. The smallest absolute Gasteiger partial charge is 0.203 e. The van der Waals surface area contributed by atoms with Crippen LogP contribution in [0.15, 0.2) is 52.9 Å². The van der Waals surface area contributed by atoms with Gasteiger partial charge < -0.3 is 9.84 Å². The lowest BCUT2D eigenvalue weighted by Crippen LogP contribution is -1.93. The summed E-state index contributed by atoms with van der Waals surface area (Å²) in [7, 11) is 1.45. The van der Waals surface area contributed by atoms with Gasteiger partial charge in [0.1, 0.15) is 0 Å². The minimum Gasteiger partial charge on any atom is -0.504 e. The van der Waals surface area contributed by atoms with Crippen molar-refractivity contribution in [2.24, 2.45) is 5.10 Å². The molecular weight excluding hydrogens is 346 g/mol. The number of nitrogens with one attached hydrogen (secondary N) is 1. The molecule has 3 aromatic rings. The second-order valence-electron chi connectivity index (χ2n) is 4.80. The van der Waals surface area contributed by atoms with E-state index in [1.54, 1.807) is 12.3 Å². The van der Waals surface area contributed by atoms with E-state index >= 15 is 0 Å². The Morgan fingerprint density at radius 1 is 1.25 bits per heavy atom. The number of methoxy groups -OCH3 is 1. The monoisotopic (exact) mass is 359 g/mol. The molecule has 0 fully saturated rings. The van der Waals surface area contributed by atoms with E-state index in [0.29, 0.717) is 15.7 Å². The zero-order valence-electron chi connectivity index (χ0n) is 12.7. The molecule has 122 valence electrons. The molecule has 0 aliphatic heterocycles. The van der Waals surface area contributed by atoms with E-state index in [1.165, 1.54) is 24.5 Å². The number of halogens is 1. The van der Waals surface area contributed by atoms with Gasteiger partial charge in [-0.2, -0.15) is 5.10 Å². The van der Waals surface area contributed by atoms with Crippen LogP contribution >= 0.6 is 22.9 Å². The molecule has 1 aromatic heterocycles. The SMILES string of the molecule is COc1c(O)ccc(C=NNc2nc(-c3ccccc3)cs2)c1Cl. The van der Waals surface area contributed by atoms with Gasteiger partial charge in [-0.3, -0.25) is 5.43 Å². The van der Waals surface area contributed by atoms with Crippen LogP contribution < -0.4 is 10.2 Å². The van der Waals surface area contributed by atoms with Crippen LogP contribution in [-0.2, 0) is 0 Å². The van der Waals surface area contributed by atoms with E-state index in [1.807, 2.05) is 35.7 Å². The number of thiazole rings is 1. The van der Waals surface area contributed by atoms with Crippen molar-refractivity contribution in [2.75, 3.05) is 12.5 Å². The highest BCUT2D eigenvalue weighted by Crippen LogP contribution is 2.35. The predicted molar refractivity (Wildman–Crippen MR) is 98.4 cm³/mol. The Balaban J connectivity index is 1.73. The van der Waals surface area contributed by atoms with E-state index in [2.05, 4.69) is 15.5 Å². The summed E-state index contributed by atoms with van der Waals surface area (Å²) in [5.41, 5.74) is 5.45. The lowest BCUT2D eigenvalue weighted by Gasteiger charge is -2.07. The molecule has 0 unspecified atom stereocenters. The van der Waals surface area contributed by atoms with Crippen LogP contribution in [0.4, 0.5) is 5.13 Å². The van der Waals surface area contributed by atoms with Crippen LogP contribution in [0.1, 0.15) is 5.56 Å². The minimum atomic E-state index is -0.0139. The van der Waals surface area contributed by atoms with E-state index in [9.17, 15) is 5.11 Å². The van der Waals surface area contributed by atoms with E-state index in [-0.39, 0.29) is 11.5 Å². The maximum Gasteiger partial charge on any atom is 0.203 e. The van der Waals surface area contributed by atoms with Crippen LogP contribution in [0, 0.1) is 0 Å². The van der Waals surface area contributed by atoms with Crippen LogP contribution in [-0.4, -0.2) is 23.4 Å². The Kier molecular flexibility index (Phi) is 4.98. The molecule has 5 nitrogen and oxygen atoms in total.